The Hall–Kier alpha value is -3.23. The van der Waals surface area contributed by atoms with Crippen LogP contribution >= 0.6 is 23.1 Å². The molecule has 32 heavy (non-hydrogen) atoms. The first kappa shape index (κ1) is 22.0. The summed E-state index contributed by atoms with van der Waals surface area (Å²) in [5.41, 5.74) is 2.59. The number of amides is 1. The minimum absolute atomic E-state index is 0.224. The Kier molecular flexibility index (Phi) is 6.82. The predicted octanol–water partition coefficient (Wildman–Crippen LogP) is 5.51. The molecule has 1 N–H and O–H groups in total. The summed E-state index contributed by atoms with van der Waals surface area (Å²) in [5.74, 6) is 0.530. The number of benzene rings is 2. The molecule has 1 amide bonds. The van der Waals surface area contributed by atoms with Gasteiger partial charge in [0.1, 0.15) is 16.9 Å². The number of carbonyl (C=O) groups excluding carboxylic acids is 2. The number of hydrogen-bond donors (Lipinski definition) is 1. The fourth-order valence-corrected chi connectivity index (χ4v) is 5.12. The molecule has 164 valence electrons. The molecule has 0 spiro atoms. The van der Waals surface area contributed by atoms with Crippen LogP contribution in [0, 0.1) is 0 Å². The van der Waals surface area contributed by atoms with E-state index in [1.165, 1.54) is 18.4 Å². The largest absolute Gasteiger partial charge is 0.496 e. The van der Waals surface area contributed by atoms with Gasteiger partial charge in [-0.1, -0.05) is 30.3 Å². The number of hydrogen-bond acceptors (Lipinski definition) is 7. The van der Waals surface area contributed by atoms with Crippen LogP contribution in [-0.4, -0.2) is 26.1 Å². The zero-order valence-corrected chi connectivity index (χ0v) is 19.2. The van der Waals surface area contributed by atoms with Gasteiger partial charge in [0.15, 0.2) is 5.76 Å². The van der Waals surface area contributed by atoms with E-state index >= 15 is 0 Å². The molecule has 6 nitrogen and oxygen atoms in total. The average molecular weight is 468 g/mol. The summed E-state index contributed by atoms with van der Waals surface area (Å²) in [6, 6.07) is 16.8. The molecule has 2 aromatic heterocycles. The minimum atomic E-state index is -0.500. The predicted molar refractivity (Wildman–Crippen MR) is 126 cm³/mol. The SMILES string of the molecule is COC(=O)c1cc(CNC(=O)c2oc3ccccc3c2CSc2cccs2)ccc1OC. The van der Waals surface area contributed by atoms with Gasteiger partial charge in [0.25, 0.3) is 5.91 Å². The van der Waals surface area contributed by atoms with Gasteiger partial charge in [0, 0.05) is 23.2 Å². The lowest BCUT2D eigenvalue weighted by Crippen LogP contribution is -2.23. The van der Waals surface area contributed by atoms with Gasteiger partial charge in [-0.25, -0.2) is 4.79 Å². The topological polar surface area (TPSA) is 77.8 Å². The maximum absolute atomic E-state index is 13.0. The maximum Gasteiger partial charge on any atom is 0.341 e. The molecule has 4 rings (SSSR count). The van der Waals surface area contributed by atoms with E-state index < -0.39 is 5.97 Å². The highest BCUT2D eigenvalue weighted by atomic mass is 32.2. The molecule has 8 heteroatoms. The highest BCUT2D eigenvalue weighted by Gasteiger charge is 2.21. The van der Waals surface area contributed by atoms with E-state index in [1.807, 2.05) is 35.7 Å². The summed E-state index contributed by atoms with van der Waals surface area (Å²) in [6.45, 7) is 0.224. The average Bonchev–Trinajstić information content (AvgIpc) is 3.48. The van der Waals surface area contributed by atoms with Crippen LogP contribution in [0.2, 0.25) is 0 Å². The molecule has 0 radical (unpaired) electrons. The molecule has 0 fully saturated rings. The Bertz CT molecular complexity index is 1250. The van der Waals surface area contributed by atoms with Crippen molar-refractivity contribution in [2.75, 3.05) is 14.2 Å². The summed E-state index contributed by atoms with van der Waals surface area (Å²) < 4.78 is 17.1. The van der Waals surface area contributed by atoms with Crippen LogP contribution in [0.4, 0.5) is 0 Å². The summed E-state index contributed by atoms with van der Waals surface area (Å²) in [6.07, 6.45) is 0. The lowest BCUT2D eigenvalue weighted by atomic mass is 10.1. The van der Waals surface area contributed by atoms with Crippen molar-refractivity contribution in [1.29, 1.82) is 0 Å². The van der Waals surface area contributed by atoms with Crippen molar-refractivity contribution in [1.82, 2.24) is 5.32 Å². The van der Waals surface area contributed by atoms with Crippen molar-refractivity contribution < 1.29 is 23.5 Å². The molecule has 0 aliphatic heterocycles. The van der Waals surface area contributed by atoms with E-state index in [9.17, 15) is 9.59 Å². The molecular formula is C24H21NO5S2. The first-order valence-corrected chi connectivity index (χ1v) is 11.7. The number of methoxy groups -OCH3 is 2. The number of furan rings is 1. The van der Waals surface area contributed by atoms with Crippen molar-refractivity contribution in [3.05, 3.63) is 82.4 Å². The van der Waals surface area contributed by atoms with Gasteiger partial charge in [0.2, 0.25) is 0 Å². The Morgan fingerprint density at radius 3 is 2.69 bits per heavy atom. The van der Waals surface area contributed by atoms with Crippen LogP contribution in [0.15, 0.2) is 68.6 Å². The smallest absolute Gasteiger partial charge is 0.341 e. The third-order valence-electron chi connectivity index (χ3n) is 4.88. The number of rotatable bonds is 8. The zero-order valence-electron chi connectivity index (χ0n) is 17.5. The van der Waals surface area contributed by atoms with Gasteiger partial charge in [-0.15, -0.1) is 23.1 Å². The number of para-hydroxylation sites is 1. The van der Waals surface area contributed by atoms with Crippen LogP contribution in [-0.2, 0) is 17.0 Å². The van der Waals surface area contributed by atoms with Crippen LogP contribution < -0.4 is 10.1 Å². The Morgan fingerprint density at radius 1 is 1.09 bits per heavy atom. The van der Waals surface area contributed by atoms with E-state index in [2.05, 4.69) is 11.4 Å². The van der Waals surface area contributed by atoms with Gasteiger partial charge >= 0.3 is 5.97 Å². The number of nitrogens with one attached hydrogen (secondary N) is 1. The summed E-state index contributed by atoms with van der Waals surface area (Å²) in [4.78, 5) is 25.1. The van der Waals surface area contributed by atoms with E-state index in [0.29, 0.717) is 28.4 Å². The van der Waals surface area contributed by atoms with Crippen molar-refractivity contribution in [3.63, 3.8) is 0 Å². The third-order valence-corrected chi connectivity index (χ3v) is 7.04. The monoisotopic (exact) mass is 467 g/mol. The molecule has 0 saturated heterocycles. The van der Waals surface area contributed by atoms with E-state index in [4.69, 9.17) is 13.9 Å². The number of carbonyl (C=O) groups is 2. The van der Waals surface area contributed by atoms with Gasteiger partial charge in [-0.2, -0.15) is 0 Å². The lowest BCUT2D eigenvalue weighted by molar-refractivity contribution is 0.0597. The summed E-state index contributed by atoms with van der Waals surface area (Å²) in [5, 5.41) is 5.86. The van der Waals surface area contributed by atoms with E-state index in [1.54, 1.807) is 41.3 Å². The molecule has 0 bridgehead atoms. The summed E-state index contributed by atoms with van der Waals surface area (Å²) in [7, 11) is 2.80. The zero-order chi connectivity index (χ0) is 22.5. The second-order valence-corrected chi connectivity index (χ2v) is 9.06. The number of thiophene rings is 1. The highest BCUT2D eigenvalue weighted by Crippen LogP contribution is 2.33. The fraction of sp³-hybridized carbons (Fsp3) is 0.167. The number of esters is 1. The second kappa shape index (κ2) is 9.93. The van der Waals surface area contributed by atoms with Crippen LogP contribution in [0.5, 0.6) is 5.75 Å². The quantitative estimate of drug-likeness (QED) is 0.272. The van der Waals surface area contributed by atoms with Crippen molar-refractivity contribution >= 4 is 45.9 Å². The third kappa shape index (κ3) is 4.66. The second-order valence-electron chi connectivity index (χ2n) is 6.84. The minimum Gasteiger partial charge on any atom is -0.496 e. The van der Waals surface area contributed by atoms with Crippen LogP contribution in [0.25, 0.3) is 11.0 Å². The fourth-order valence-electron chi connectivity index (χ4n) is 3.31. The number of fused-ring (bicyclic) bond motifs is 1. The van der Waals surface area contributed by atoms with Crippen LogP contribution in [0.3, 0.4) is 0 Å². The van der Waals surface area contributed by atoms with Gasteiger partial charge in [-0.05, 0) is 35.2 Å². The molecule has 4 aromatic rings. The van der Waals surface area contributed by atoms with Gasteiger partial charge in [0.05, 0.1) is 18.4 Å². The summed E-state index contributed by atoms with van der Waals surface area (Å²) >= 11 is 3.33. The van der Waals surface area contributed by atoms with E-state index in [0.717, 1.165) is 16.5 Å². The molecule has 0 unspecified atom stereocenters. The number of ether oxygens (including phenoxy) is 2. The lowest BCUT2D eigenvalue weighted by Gasteiger charge is -2.10. The van der Waals surface area contributed by atoms with Crippen molar-refractivity contribution in [3.8, 4) is 5.75 Å². The van der Waals surface area contributed by atoms with Gasteiger partial charge < -0.3 is 19.2 Å². The van der Waals surface area contributed by atoms with Crippen LogP contribution in [0.1, 0.15) is 32.0 Å². The number of thioether (sulfide) groups is 1. The molecule has 2 heterocycles. The van der Waals surface area contributed by atoms with Crippen molar-refractivity contribution in [2.45, 2.75) is 16.5 Å². The maximum atomic E-state index is 13.0. The van der Waals surface area contributed by atoms with Gasteiger partial charge in [-0.3, -0.25) is 4.79 Å². The first-order valence-electron chi connectivity index (χ1n) is 9.81. The Morgan fingerprint density at radius 2 is 1.94 bits per heavy atom. The Balaban J connectivity index is 1.55. The molecule has 0 atom stereocenters. The molecule has 2 aromatic carbocycles. The Labute approximate surface area is 193 Å². The van der Waals surface area contributed by atoms with Crippen molar-refractivity contribution in [2.24, 2.45) is 0 Å². The standard InChI is InChI=1S/C24H21NO5S2/c1-28-19-10-9-15(12-17(19)24(27)29-2)13-25-23(26)22-18(14-32-21-8-5-11-31-21)16-6-3-4-7-20(16)30-22/h3-12H,13-14H2,1-2H3,(H,25,26). The molecular weight excluding hydrogens is 446 g/mol. The van der Waals surface area contributed by atoms with E-state index in [-0.39, 0.29) is 12.5 Å². The molecule has 0 aliphatic rings. The molecule has 0 aliphatic carbocycles. The molecule has 0 saturated carbocycles. The first-order chi connectivity index (χ1) is 15.6. The normalized spacial score (nSPS) is 10.8. The highest BCUT2D eigenvalue weighted by molar-refractivity contribution is 8.00.